The van der Waals surface area contributed by atoms with Gasteiger partial charge in [-0.1, -0.05) is 31.1 Å². The van der Waals surface area contributed by atoms with Crippen LogP contribution in [0.4, 0.5) is 4.39 Å². The Morgan fingerprint density at radius 1 is 1.29 bits per heavy atom. The van der Waals surface area contributed by atoms with Gasteiger partial charge in [0, 0.05) is 6.04 Å². The van der Waals surface area contributed by atoms with Gasteiger partial charge in [0.15, 0.2) is 5.82 Å². The summed E-state index contributed by atoms with van der Waals surface area (Å²) in [5.41, 5.74) is 6.51. The lowest BCUT2D eigenvalue weighted by molar-refractivity contribution is 0.333. The number of halogens is 1. The molecule has 2 rings (SSSR count). The topological polar surface area (TPSA) is 64.9 Å². The van der Waals surface area contributed by atoms with Gasteiger partial charge in [-0.15, -0.1) is 0 Å². The van der Waals surface area contributed by atoms with E-state index in [4.69, 9.17) is 10.3 Å². The highest BCUT2D eigenvalue weighted by Crippen LogP contribution is 2.30. The molecule has 0 spiro atoms. The molecule has 21 heavy (non-hydrogen) atoms. The van der Waals surface area contributed by atoms with Crippen LogP contribution in [0.2, 0.25) is 0 Å². The van der Waals surface area contributed by atoms with Gasteiger partial charge in [0.2, 0.25) is 5.89 Å². The van der Waals surface area contributed by atoms with Gasteiger partial charge in [-0.05, 0) is 38.0 Å². The van der Waals surface area contributed by atoms with Crippen LogP contribution in [0.1, 0.15) is 57.3 Å². The first-order valence-electron chi connectivity index (χ1n) is 7.22. The number of nitrogens with two attached hydrogens (primary N) is 1. The molecule has 1 heterocycles. The standard InChI is InChI=1S/C16H22FN3O/c1-5-13(18)10(2)14-19-15(20-21-14)16(3,4)11-6-8-12(17)9-7-11/h6-10,13H,5,18H2,1-4H3. The van der Waals surface area contributed by atoms with Crippen LogP contribution >= 0.6 is 0 Å². The quantitative estimate of drug-likeness (QED) is 0.917. The fourth-order valence-electron chi connectivity index (χ4n) is 2.21. The van der Waals surface area contributed by atoms with Gasteiger partial charge >= 0.3 is 0 Å². The second-order valence-electron chi connectivity index (χ2n) is 5.95. The molecule has 2 atom stereocenters. The first-order chi connectivity index (χ1) is 9.86. The van der Waals surface area contributed by atoms with E-state index >= 15 is 0 Å². The summed E-state index contributed by atoms with van der Waals surface area (Å²) >= 11 is 0. The summed E-state index contributed by atoms with van der Waals surface area (Å²) in [4.78, 5) is 4.50. The summed E-state index contributed by atoms with van der Waals surface area (Å²) in [6.07, 6.45) is 0.847. The average molecular weight is 291 g/mol. The van der Waals surface area contributed by atoms with Crippen molar-refractivity contribution in [2.24, 2.45) is 5.73 Å². The summed E-state index contributed by atoms with van der Waals surface area (Å²) in [6, 6.07) is 6.35. The van der Waals surface area contributed by atoms with Crippen molar-refractivity contribution in [3.05, 3.63) is 47.4 Å². The fourth-order valence-corrected chi connectivity index (χ4v) is 2.21. The first-order valence-corrected chi connectivity index (χ1v) is 7.22. The van der Waals surface area contributed by atoms with Crippen LogP contribution in [0.3, 0.4) is 0 Å². The Balaban J connectivity index is 2.29. The molecule has 5 heteroatoms. The maximum Gasteiger partial charge on any atom is 0.231 e. The zero-order valence-electron chi connectivity index (χ0n) is 12.9. The number of benzene rings is 1. The van der Waals surface area contributed by atoms with Gasteiger partial charge in [-0.3, -0.25) is 0 Å². The summed E-state index contributed by atoms with van der Waals surface area (Å²) in [5, 5.41) is 4.09. The number of hydrogen-bond donors (Lipinski definition) is 1. The predicted octanol–water partition coefficient (Wildman–Crippen LogP) is 3.38. The fraction of sp³-hybridized carbons (Fsp3) is 0.500. The van der Waals surface area contributed by atoms with Gasteiger partial charge in [0.05, 0.1) is 11.3 Å². The Kier molecular flexibility index (Phi) is 4.42. The van der Waals surface area contributed by atoms with Crippen molar-refractivity contribution in [1.29, 1.82) is 0 Å². The summed E-state index contributed by atoms with van der Waals surface area (Å²) < 4.78 is 18.4. The third-order valence-corrected chi connectivity index (χ3v) is 4.07. The Morgan fingerprint density at radius 3 is 2.48 bits per heavy atom. The number of hydrogen-bond acceptors (Lipinski definition) is 4. The smallest absolute Gasteiger partial charge is 0.231 e. The summed E-state index contributed by atoms with van der Waals surface area (Å²) in [7, 11) is 0. The molecule has 2 unspecified atom stereocenters. The van der Waals surface area contributed by atoms with E-state index in [0.717, 1.165) is 12.0 Å². The molecule has 0 saturated carbocycles. The largest absolute Gasteiger partial charge is 0.339 e. The molecule has 0 fully saturated rings. The summed E-state index contributed by atoms with van der Waals surface area (Å²) in [5.74, 6) is 0.889. The molecule has 1 aromatic heterocycles. The highest BCUT2D eigenvalue weighted by atomic mass is 19.1. The Morgan fingerprint density at radius 2 is 1.90 bits per heavy atom. The number of aromatic nitrogens is 2. The summed E-state index contributed by atoms with van der Waals surface area (Å²) in [6.45, 7) is 7.98. The van der Waals surface area contributed by atoms with Crippen molar-refractivity contribution >= 4 is 0 Å². The Labute approximate surface area is 124 Å². The minimum Gasteiger partial charge on any atom is -0.339 e. The van der Waals surface area contributed by atoms with Crippen LogP contribution in [0.25, 0.3) is 0 Å². The minimum absolute atomic E-state index is 0.00719. The Bertz CT molecular complexity index is 592. The molecule has 4 nitrogen and oxygen atoms in total. The van der Waals surface area contributed by atoms with E-state index in [0.29, 0.717) is 11.7 Å². The number of rotatable bonds is 5. The highest BCUT2D eigenvalue weighted by Gasteiger charge is 2.30. The van der Waals surface area contributed by atoms with Gasteiger partial charge < -0.3 is 10.3 Å². The third-order valence-electron chi connectivity index (χ3n) is 4.07. The second-order valence-corrected chi connectivity index (χ2v) is 5.95. The van der Waals surface area contributed by atoms with Gasteiger partial charge in [-0.2, -0.15) is 4.98 Å². The predicted molar refractivity (Wildman–Crippen MR) is 79.5 cm³/mol. The first kappa shape index (κ1) is 15.6. The van der Waals surface area contributed by atoms with E-state index in [1.807, 2.05) is 27.7 Å². The molecule has 0 aliphatic rings. The maximum absolute atomic E-state index is 13.1. The zero-order valence-corrected chi connectivity index (χ0v) is 12.9. The van der Waals surface area contributed by atoms with Crippen LogP contribution in [0.5, 0.6) is 0 Å². The van der Waals surface area contributed by atoms with Crippen molar-refractivity contribution in [2.45, 2.75) is 51.5 Å². The van der Waals surface area contributed by atoms with E-state index in [-0.39, 0.29) is 17.8 Å². The maximum atomic E-state index is 13.1. The Hall–Kier alpha value is -1.75. The van der Waals surface area contributed by atoms with E-state index in [2.05, 4.69) is 10.1 Å². The van der Waals surface area contributed by atoms with Crippen molar-refractivity contribution < 1.29 is 8.91 Å². The number of nitrogens with zero attached hydrogens (tertiary/aromatic N) is 2. The molecular weight excluding hydrogens is 269 g/mol. The molecule has 0 aliphatic carbocycles. The van der Waals surface area contributed by atoms with Gasteiger partial charge in [-0.25, -0.2) is 4.39 Å². The van der Waals surface area contributed by atoms with E-state index in [1.54, 1.807) is 12.1 Å². The van der Waals surface area contributed by atoms with E-state index in [1.165, 1.54) is 12.1 Å². The van der Waals surface area contributed by atoms with Crippen molar-refractivity contribution in [2.75, 3.05) is 0 Å². The molecule has 0 saturated heterocycles. The van der Waals surface area contributed by atoms with E-state index in [9.17, 15) is 4.39 Å². The van der Waals surface area contributed by atoms with Gasteiger partial charge in [0.25, 0.3) is 0 Å². The molecule has 0 radical (unpaired) electrons. The molecule has 2 aromatic rings. The lowest BCUT2D eigenvalue weighted by atomic mass is 9.84. The molecular formula is C16H22FN3O. The molecule has 114 valence electrons. The molecule has 0 amide bonds. The molecule has 0 bridgehead atoms. The molecule has 0 aliphatic heterocycles. The minimum atomic E-state index is -0.453. The zero-order chi connectivity index (χ0) is 15.6. The van der Waals surface area contributed by atoms with Crippen molar-refractivity contribution in [1.82, 2.24) is 10.1 Å². The SMILES string of the molecule is CCC(N)C(C)c1nc(C(C)(C)c2ccc(F)cc2)no1. The molecule has 2 N–H and O–H groups in total. The molecule has 1 aromatic carbocycles. The second kappa shape index (κ2) is 5.93. The van der Waals surface area contributed by atoms with Crippen LogP contribution in [-0.2, 0) is 5.41 Å². The van der Waals surface area contributed by atoms with Crippen LogP contribution in [-0.4, -0.2) is 16.2 Å². The third kappa shape index (κ3) is 3.13. The normalized spacial score (nSPS) is 15.0. The van der Waals surface area contributed by atoms with Crippen LogP contribution in [0.15, 0.2) is 28.8 Å². The highest BCUT2D eigenvalue weighted by molar-refractivity contribution is 5.30. The monoisotopic (exact) mass is 291 g/mol. The van der Waals surface area contributed by atoms with Crippen molar-refractivity contribution in [3.63, 3.8) is 0 Å². The lowest BCUT2D eigenvalue weighted by Crippen LogP contribution is -2.26. The lowest BCUT2D eigenvalue weighted by Gasteiger charge is -2.21. The van der Waals surface area contributed by atoms with E-state index < -0.39 is 5.41 Å². The van der Waals surface area contributed by atoms with Gasteiger partial charge in [0.1, 0.15) is 5.82 Å². The van der Waals surface area contributed by atoms with Crippen LogP contribution in [0, 0.1) is 5.82 Å². The van der Waals surface area contributed by atoms with Crippen molar-refractivity contribution in [3.8, 4) is 0 Å². The average Bonchev–Trinajstić information content (AvgIpc) is 2.96. The van der Waals surface area contributed by atoms with Crippen LogP contribution < -0.4 is 5.73 Å².